The molecule has 0 amide bonds. The van der Waals surface area contributed by atoms with Crippen LogP contribution in [0.4, 0.5) is 0 Å². The molecule has 1 aliphatic heterocycles. The predicted octanol–water partition coefficient (Wildman–Crippen LogP) is 2.91. The number of nitrogens with zero attached hydrogens (tertiary/aromatic N) is 1. The summed E-state index contributed by atoms with van der Waals surface area (Å²) in [7, 11) is 0. The van der Waals surface area contributed by atoms with Crippen LogP contribution >= 0.6 is 0 Å². The fourth-order valence-corrected chi connectivity index (χ4v) is 3.51. The summed E-state index contributed by atoms with van der Waals surface area (Å²) in [6, 6.07) is 0.643. The van der Waals surface area contributed by atoms with Gasteiger partial charge in [-0.1, -0.05) is 6.92 Å². The second kappa shape index (κ2) is 7.99. The lowest BCUT2D eigenvalue weighted by atomic mass is 9.86. The lowest BCUT2D eigenvalue weighted by Crippen LogP contribution is -2.42. The molecule has 2 rings (SSSR count). The molecule has 116 valence electrons. The minimum absolute atomic E-state index is 0.283. The molecule has 1 saturated heterocycles. The predicted molar refractivity (Wildman–Crippen MR) is 78.8 cm³/mol. The van der Waals surface area contributed by atoms with Gasteiger partial charge in [0.1, 0.15) is 0 Å². The van der Waals surface area contributed by atoms with Crippen LogP contribution in [0.1, 0.15) is 58.3 Å². The molecule has 0 bridgehead atoms. The van der Waals surface area contributed by atoms with Gasteiger partial charge < -0.3 is 9.84 Å². The zero-order valence-electron chi connectivity index (χ0n) is 12.7. The van der Waals surface area contributed by atoms with Crippen LogP contribution in [0.25, 0.3) is 0 Å². The third-order valence-electron chi connectivity index (χ3n) is 4.80. The summed E-state index contributed by atoms with van der Waals surface area (Å²) >= 11 is 0. The Morgan fingerprint density at radius 1 is 1.25 bits per heavy atom. The molecule has 1 atom stereocenters. The summed E-state index contributed by atoms with van der Waals surface area (Å²) in [5.41, 5.74) is 0. The standard InChI is InChI=1S/C16H29NO3/c1-13-6-8-14(9-7-13)17(10-2-5-16(18)19)12-15-4-3-11-20-15/h13-15H,2-12H2,1H3,(H,18,19)/t13?,14?,15-/m1/s1. The highest BCUT2D eigenvalue weighted by Crippen LogP contribution is 2.28. The van der Waals surface area contributed by atoms with Gasteiger partial charge in [0.05, 0.1) is 6.10 Å². The Labute approximate surface area is 122 Å². The molecular formula is C16H29NO3. The van der Waals surface area contributed by atoms with Crippen LogP contribution in [-0.4, -0.2) is 47.8 Å². The normalized spacial score (nSPS) is 30.8. The summed E-state index contributed by atoms with van der Waals surface area (Å²) in [4.78, 5) is 13.2. The highest BCUT2D eigenvalue weighted by Gasteiger charge is 2.27. The molecular weight excluding hydrogens is 254 g/mol. The van der Waals surface area contributed by atoms with Crippen LogP contribution in [0.3, 0.4) is 0 Å². The van der Waals surface area contributed by atoms with E-state index in [9.17, 15) is 4.79 Å². The number of aliphatic carboxylic acids is 1. The first-order chi connectivity index (χ1) is 9.65. The first kappa shape index (κ1) is 15.8. The molecule has 0 aromatic rings. The molecule has 1 saturated carbocycles. The minimum atomic E-state index is -0.681. The lowest BCUT2D eigenvalue weighted by Gasteiger charge is -2.37. The van der Waals surface area contributed by atoms with Gasteiger partial charge in [-0.2, -0.15) is 0 Å². The van der Waals surface area contributed by atoms with Gasteiger partial charge in [0.25, 0.3) is 0 Å². The van der Waals surface area contributed by atoms with Gasteiger partial charge in [0, 0.05) is 25.6 Å². The van der Waals surface area contributed by atoms with Crippen molar-refractivity contribution < 1.29 is 14.6 Å². The number of carboxylic acids is 1. The zero-order chi connectivity index (χ0) is 14.4. The summed E-state index contributed by atoms with van der Waals surface area (Å²) < 4.78 is 5.76. The van der Waals surface area contributed by atoms with E-state index in [4.69, 9.17) is 9.84 Å². The molecule has 1 aliphatic carbocycles. The molecule has 0 aromatic heterocycles. The first-order valence-electron chi connectivity index (χ1n) is 8.22. The van der Waals surface area contributed by atoms with Crippen molar-refractivity contribution >= 4 is 5.97 Å². The summed E-state index contributed by atoms with van der Waals surface area (Å²) in [6.07, 6.45) is 8.91. The SMILES string of the molecule is CC1CCC(N(CCCC(=O)O)C[C@H]2CCCO2)CC1. The van der Waals surface area contributed by atoms with Gasteiger partial charge >= 0.3 is 5.97 Å². The van der Waals surface area contributed by atoms with Crippen molar-refractivity contribution in [1.29, 1.82) is 0 Å². The van der Waals surface area contributed by atoms with Crippen molar-refractivity contribution in [3.8, 4) is 0 Å². The zero-order valence-corrected chi connectivity index (χ0v) is 12.7. The Bertz CT molecular complexity index is 294. The Morgan fingerprint density at radius 3 is 2.60 bits per heavy atom. The average Bonchev–Trinajstić information content (AvgIpc) is 2.91. The average molecular weight is 283 g/mol. The molecule has 2 fully saturated rings. The maximum atomic E-state index is 10.7. The number of carbonyl (C=O) groups is 1. The summed E-state index contributed by atoms with van der Waals surface area (Å²) in [6.45, 7) is 5.14. The number of hydrogen-bond acceptors (Lipinski definition) is 3. The van der Waals surface area contributed by atoms with E-state index in [-0.39, 0.29) is 6.42 Å². The summed E-state index contributed by atoms with van der Waals surface area (Å²) in [5, 5.41) is 8.81. The number of ether oxygens (including phenoxy) is 1. The number of carboxylic acid groups (broad SMARTS) is 1. The largest absolute Gasteiger partial charge is 0.481 e. The molecule has 0 spiro atoms. The molecule has 0 radical (unpaired) electrons. The number of hydrogen-bond donors (Lipinski definition) is 1. The number of rotatable bonds is 7. The molecule has 4 heteroatoms. The van der Waals surface area contributed by atoms with E-state index in [2.05, 4.69) is 11.8 Å². The third kappa shape index (κ3) is 5.06. The van der Waals surface area contributed by atoms with Gasteiger partial charge in [-0.05, 0) is 57.4 Å². The monoisotopic (exact) mass is 283 g/mol. The van der Waals surface area contributed by atoms with Gasteiger partial charge in [0.15, 0.2) is 0 Å². The van der Waals surface area contributed by atoms with Gasteiger partial charge in [-0.3, -0.25) is 9.69 Å². The smallest absolute Gasteiger partial charge is 0.303 e. The molecule has 4 nitrogen and oxygen atoms in total. The lowest BCUT2D eigenvalue weighted by molar-refractivity contribution is -0.137. The first-order valence-corrected chi connectivity index (χ1v) is 8.22. The van der Waals surface area contributed by atoms with Crippen molar-refractivity contribution in [3.63, 3.8) is 0 Å². The Balaban J connectivity index is 1.82. The van der Waals surface area contributed by atoms with Crippen LogP contribution < -0.4 is 0 Å². The van der Waals surface area contributed by atoms with Gasteiger partial charge in [0.2, 0.25) is 0 Å². The second-order valence-electron chi connectivity index (χ2n) is 6.54. The molecule has 2 aliphatic rings. The molecule has 1 heterocycles. The van der Waals surface area contributed by atoms with Crippen molar-refractivity contribution in [2.45, 2.75) is 70.4 Å². The van der Waals surface area contributed by atoms with Crippen molar-refractivity contribution in [2.24, 2.45) is 5.92 Å². The van der Waals surface area contributed by atoms with E-state index in [1.54, 1.807) is 0 Å². The maximum Gasteiger partial charge on any atom is 0.303 e. The molecule has 1 N–H and O–H groups in total. The third-order valence-corrected chi connectivity index (χ3v) is 4.80. The fraction of sp³-hybridized carbons (Fsp3) is 0.938. The van der Waals surface area contributed by atoms with Crippen molar-refractivity contribution in [2.75, 3.05) is 19.7 Å². The van der Waals surface area contributed by atoms with E-state index in [0.29, 0.717) is 12.1 Å². The Kier molecular flexibility index (Phi) is 6.30. The van der Waals surface area contributed by atoms with Crippen LogP contribution in [0.15, 0.2) is 0 Å². The molecule has 0 aromatic carbocycles. The highest BCUT2D eigenvalue weighted by molar-refractivity contribution is 5.66. The van der Waals surface area contributed by atoms with Crippen molar-refractivity contribution in [3.05, 3.63) is 0 Å². The molecule has 0 unspecified atom stereocenters. The fourth-order valence-electron chi connectivity index (χ4n) is 3.51. The topological polar surface area (TPSA) is 49.8 Å². The van der Waals surface area contributed by atoms with Crippen LogP contribution in [0.5, 0.6) is 0 Å². The second-order valence-corrected chi connectivity index (χ2v) is 6.54. The Hall–Kier alpha value is -0.610. The Morgan fingerprint density at radius 2 is 2.00 bits per heavy atom. The van der Waals surface area contributed by atoms with E-state index in [1.807, 2.05) is 0 Å². The van der Waals surface area contributed by atoms with Gasteiger partial charge in [-0.25, -0.2) is 0 Å². The quantitative estimate of drug-likeness (QED) is 0.780. The minimum Gasteiger partial charge on any atom is -0.481 e. The van der Waals surface area contributed by atoms with Crippen molar-refractivity contribution in [1.82, 2.24) is 4.90 Å². The van der Waals surface area contributed by atoms with E-state index in [0.717, 1.165) is 32.0 Å². The van der Waals surface area contributed by atoms with E-state index >= 15 is 0 Å². The van der Waals surface area contributed by atoms with E-state index < -0.39 is 5.97 Å². The molecule has 20 heavy (non-hydrogen) atoms. The maximum absolute atomic E-state index is 10.7. The van der Waals surface area contributed by atoms with Crippen LogP contribution in [0.2, 0.25) is 0 Å². The van der Waals surface area contributed by atoms with Crippen LogP contribution in [-0.2, 0) is 9.53 Å². The van der Waals surface area contributed by atoms with Crippen LogP contribution in [0, 0.1) is 5.92 Å². The summed E-state index contributed by atoms with van der Waals surface area (Å²) in [5.74, 6) is 0.175. The van der Waals surface area contributed by atoms with E-state index in [1.165, 1.54) is 38.5 Å². The van der Waals surface area contributed by atoms with Gasteiger partial charge in [-0.15, -0.1) is 0 Å². The highest BCUT2D eigenvalue weighted by atomic mass is 16.5.